The van der Waals surface area contributed by atoms with Crippen molar-refractivity contribution in [3.8, 4) is 0 Å². The SMILES string of the molecule is C=COOOOOOOOOOOOOOOOOOOOOOOOOOOOOOOOOOOOOC=C. The van der Waals surface area contributed by atoms with E-state index in [2.05, 4.69) is 199 Å². The molecule has 0 aromatic heterocycles. The standard InChI is InChI=1S/C4H6O37/c1-3-5-7-9-11-13-15-17-19-21-23-25-27-29-31-33-35-37-39-41-40-38-36-34-32-30-28-26-24-22-20-18-16-14-12-10-8-6-4-2/h3-4H,1-2H2. The summed E-state index contributed by atoms with van der Waals surface area (Å²) in [6.45, 7) is 6.13. The highest BCUT2D eigenvalue weighted by atomic mass is 18.0. The van der Waals surface area contributed by atoms with Gasteiger partial charge in [0, 0.05) is 176 Å². The van der Waals surface area contributed by atoms with Crippen molar-refractivity contribution in [3.05, 3.63) is 25.7 Å². The average Bonchev–Trinajstić information content (AvgIpc) is 2.98. The zero-order chi connectivity index (χ0) is 29.6. The summed E-state index contributed by atoms with van der Waals surface area (Å²) in [6, 6.07) is 0. The van der Waals surface area contributed by atoms with Crippen LogP contribution in [0.1, 0.15) is 0 Å². The second-order valence-corrected chi connectivity index (χ2v) is 2.91. The quantitative estimate of drug-likeness (QED) is 0.0330. The van der Waals surface area contributed by atoms with E-state index in [-0.39, 0.29) is 0 Å². The predicted octanol–water partition coefficient (Wildman–Crippen LogP) is -1.17. The molecule has 0 saturated carbocycles. The topological polar surface area (TPSA) is 342 Å². The van der Waals surface area contributed by atoms with Gasteiger partial charge >= 0.3 is 0 Å². The Morgan fingerprint density at radius 1 is 0.171 bits per heavy atom. The number of hydrogen-bond donors (Lipinski definition) is 0. The summed E-state index contributed by atoms with van der Waals surface area (Å²) in [5.41, 5.74) is 0. The monoisotopic (exact) mass is 646 g/mol. The van der Waals surface area contributed by atoms with E-state index in [1.807, 2.05) is 0 Å². The fourth-order valence-electron chi connectivity index (χ4n) is 0.462. The van der Waals surface area contributed by atoms with Crippen LogP contribution in [0.2, 0.25) is 0 Å². The molecule has 0 aliphatic rings. The highest BCUT2D eigenvalue weighted by Gasteiger charge is 2.02. The Kier molecular flexibility index (Phi) is 35.5. The molecule has 0 unspecified atom stereocenters. The van der Waals surface area contributed by atoms with Crippen LogP contribution < -0.4 is 0 Å². The molecular formula is C4H6O37. The van der Waals surface area contributed by atoms with Crippen molar-refractivity contribution in [2.75, 3.05) is 0 Å². The van der Waals surface area contributed by atoms with E-state index < -0.39 is 0 Å². The van der Waals surface area contributed by atoms with Gasteiger partial charge in [-0.3, -0.25) is 0 Å². The first-order valence-corrected chi connectivity index (χ1v) is 7.29. The van der Waals surface area contributed by atoms with Crippen LogP contribution in [-0.2, 0) is 186 Å². The van der Waals surface area contributed by atoms with Gasteiger partial charge in [-0.1, -0.05) is 13.2 Å². The molecule has 37 nitrogen and oxygen atoms in total. The van der Waals surface area contributed by atoms with Crippen LogP contribution in [0, 0.1) is 0 Å². The van der Waals surface area contributed by atoms with Crippen LogP contribution in [-0.4, -0.2) is 0 Å². The lowest BCUT2D eigenvalue weighted by atomic mass is 11.2. The fraction of sp³-hybridized carbons (Fsp3) is 0. The molecule has 0 aliphatic heterocycles. The van der Waals surface area contributed by atoms with Crippen LogP contribution in [0.3, 0.4) is 0 Å². The normalized spacial score (nSPS) is 11.1. The van der Waals surface area contributed by atoms with Gasteiger partial charge in [0.15, 0.2) is 0 Å². The second kappa shape index (κ2) is 37.7. The van der Waals surface area contributed by atoms with Crippen LogP contribution in [0.25, 0.3) is 0 Å². The molecule has 0 spiro atoms. The molecule has 0 bridgehead atoms. The van der Waals surface area contributed by atoms with Crippen molar-refractivity contribution in [3.63, 3.8) is 0 Å². The minimum atomic E-state index is 0.821. The Labute approximate surface area is 213 Å². The molecule has 41 heavy (non-hydrogen) atoms. The highest BCUT2D eigenvalue weighted by Crippen LogP contribution is 1.96. The first-order chi connectivity index (χ1) is 20.4. The summed E-state index contributed by atoms with van der Waals surface area (Å²) in [5.74, 6) is 0. The van der Waals surface area contributed by atoms with E-state index in [0.717, 1.165) is 12.5 Å². The Bertz CT molecular complexity index is 440. The summed E-state index contributed by atoms with van der Waals surface area (Å²) in [6.07, 6.45) is 1.64. The molecule has 0 N–H and O–H groups in total. The van der Waals surface area contributed by atoms with Gasteiger partial charge in [-0.25, -0.2) is 0 Å². The Morgan fingerprint density at radius 2 is 0.268 bits per heavy atom. The van der Waals surface area contributed by atoms with Gasteiger partial charge in [-0.05, 0) is 0 Å². The summed E-state index contributed by atoms with van der Waals surface area (Å²) >= 11 is 0. The zero-order valence-corrected chi connectivity index (χ0v) is 17.7. The Hall–Kier alpha value is -2.32. The van der Waals surface area contributed by atoms with E-state index in [9.17, 15) is 0 Å². The molecule has 0 aromatic carbocycles. The smallest absolute Gasteiger partial charge is 0.125 e. The van der Waals surface area contributed by atoms with E-state index in [1.165, 1.54) is 0 Å². The Balaban J connectivity index is 3.02. The molecule has 244 valence electrons. The van der Waals surface area contributed by atoms with Gasteiger partial charge in [0.25, 0.3) is 0 Å². The van der Waals surface area contributed by atoms with Crippen LogP contribution in [0.15, 0.2) is 25.7 Å². The molecule has 0 saturated heterocycles. The maximum atomic E-state index is 3.93. The zero-order valence-electron chi connectivity index (χ0n) is 17.7. The van der Waals surface area contributed by atoms with Crippen LogP contribution >= 0.6 is 0 Å². The third-order valence-electron chi connectivity index (χ3n) is 1.16. The van der Waals surface area contributed by atoms with Crippen molar-refractivity contribution in [1.82, 2.24) is 0 Å². The van der Waals surface area contributed by atoms with E-state index in [4.69, 9.17) is 0 Å². The lowest BCUT2D eigenvalue weighted by molar-refractivity contribution is -0.907. The van der Waals surface area contributed by atoms with Crippen LogP contribution in [0.4, 0.5) is 0 Å². The Morgan fingerprint density at radius 3 is 0.366 bits per heavy atom. The van der Waals surface area contributed by atoms with Crippen molar-refractivity contribution < 1.29 is 186 Å². The van der Waals surface area contributed by atoms with Crippen molar-refractivity contribution in [2.45, 2.75) is 0 Å². The third-order valence-corrected chi connectivity index (χ3v) is 1.16. The molecule has 0 rings (SSSR count). The fourth-order valence-corrected chi connectivity index (χ4v) is 0.462. The lowest BCUT2D eigenvalue weighted by Crippen LogP contribution is -2.06. The summed E-state index contributed by atoms with van der Waals surface area (Å²) in [5, 5.41) is 124. The van der Waals surface area contributed by atoms with Crippen molar-refractivity contribution in [2.24, 2.45) is 0 Å². The molecule has 0 fully saturated rings. The molecular weight excluding hydrogens is 640 g/mol. The predicted molar refractivity (Wildman–Crippen MR) is 60.5 cm³/mol. The maximum absolute atomic E-state index is 3.93. The minimum absolute atomic E-state index is 0.821. The molecule has 37 heteroatoms. The van der Waals surface area contributed by atoms with Gasteiger partial charge in [-0.2, -0.15) is 0 Å². The average molecular weight is 646 g/mol. The summed E-state index contributed by atoms with van der Waals surface area (Å²) in [7, 11) is 0. The summed E-state index contributed by atoms with van der Waals surface area (Å²) < 4.78 is 0. The second-order valence-electron chi connectivity index (χ2n) is 2.91. The molecule has 0 aromatic rings. The molecule has 0 radical (unpaired) electrons. The largest absolute Gasteiger partial charge is 0.315 e. The maximum Gasteiger partial charge on any atom is 0.125 e. The van der Waals surface area contributed by atoms with Gasteiger partial charge < -0.3 is 9.78 Å². The van der Waals surface area contributed by atoms with Crippen LogP contribution in [0.5, 0.6) is 0 Å². The minimum Gasteiger partial charge on any atom is -0.315 e. The third kappa shape index (κ3) is 37.7. The molecule has 0 heterocycles. The highest BCUT2D eigenvalue weighted by molar-refractivity contribution is 4.41. The van der Waals surface area contributed by atoms with Gasteiger partial charge in [0.05, 0.1) is 0 Å². The number of rotatable bonds is 38. The first-order valence-electron chi connectivity index (χ1n) is 7.29. The van der Waals surface area contributed by atoms with Gasteiger partial charge in [0.2, 0.25) is 0 Å². The molecule has 0 atom stereocenters. The van der Waals surface area contributed by atoms with Gasteiger partial charge in [0.1, 0.15) is 12.5 Å². The molecule has 0 amide bonds. The van der Waals surface area contributed by atoms with Crippen molar-refractivity contribution in [1.29, 1.82) is 0 Å². The van der Waals surface area contributed by atoms with E-state index in [1.54, 1.807) is 0 Å². The number of hydrogen-bond acceptors (Lipinski definition) is 37. The van der Waals surface area contributed by atoms with Crippen molar-refractivity contribution >= 4 is 0 Å². The molecule has 0 aliphatic carbocycles. The van der Waals surface area contributed by atoms with E-state index in [0.29, 0.717) is 0 Å². The lowest BCUT2D eigenvalue weighted by Gasteiger charge is -1.99. The summed E-state index contributed by atoms with van der Waals surface area (Å²) in [4.78, 5) is 7.86. The first kappa shape index (κ1) is 38.7. The van der Waals surface area contributed by atoms with E-state index >= 15 is 0 Å². The van der Waals surface area contributed by atoms with Gasteiger partial charge in [-0.15, -0.1) is 0 Å².